The highest BCUT2D eigenvalue weighted by Gasteiger charge is 2.55. The number of aromatic hydroxyl groups is 1. The Morgan fingerprint density at radius 1 is 0.976 bits per heavy atom. The number of phenolic OH excluding ortho intramolecular Hbond substituents is 1. The van der Waals surface area contributed by atoms with Crippen LogP contribution in [0.4, 0.5) is 0 Å². The minimum atomic E-state index is -0.873. The Morgan fingerprint density at radius 3 is 2.40 bits per heavy atom. The Labute approximate surface area is 244 Å². The van der Waals surface area contributed by atoms with E-state index in [2.05, 4.69) is 17.4 Å². The van der Waals surface area contributed by atoms with Gasteiger partial charge in [-0.2, -0.15) is 0 Å². The number of phenols is 1. The van der Waals surface area contributed by atoms with E-state index < -0.39 is 30.1 Å². The quantitative estimate of drug-likeness (QED) is 0.354. The van der Waals surface area contributed by atoms with Crippen molar-refractivity contribution in [3.05, 3.63) is 118 Å². The van der Waals surface area contributed by atoms with Crippen LogP contribution in [0.3, 0.4) is 0 Å². The molecule has 1 aliphatic heterocycles. The summed E-state index contributed by atoms with van der Waals surface area (Å²) in [7, 11) is 0. The predicted octanol–water partition coefficient (Wildman–Crippen LogP) is 3.89. The Hall–Kier alpha value is -4.24. The van der Waals surface area contributed by atoms with Gasteiger partial charge in [-0.1, -0.05) is 66.7 Å². The Morgan fingerprint density at radius 2 is 1.69 bits per heavy atom. The number of ether oxygens (including phenoxy) is 3. The van der Waals surface area contributed by atoms with Gasteiger partial charge in [-0.15, -0.1) is 0 Å². The lowest BCUT2D eigenvalue weighted by atomic mass is 9.91. The summed E-state index contributed by atoms with van der Waals surface area (Å²) in [6.45, 7) is -0.0526. The second-order valence-corrected chi connectivity index (χ2v) is 10.9. The normalized spacial score (nSPS) is 22.0. The number of esters is 1. The first-order chi connectivity index (χ1) is 20.4. The zero-order chi connectivity index (χ0) is 29.1. The van der Waals surface area contributed by atoms with Gasteiger partial charge >= 0.3 is 5.97 Å². The maximum atomic E-state index is 13.3. The third-order valence-electron chi connectivity index (χ3n) is 7.95. The maximum Gasteiger partial charge on any atom is 0.338 e. The van der Waals surface area contributed by atoms with Crippen LogP contribution in [0.1, 0.15) is 39.0 Å². The van der Waals surface area contributed by atoms with Crippen LogP contribution in [-0.4, -0.2) is 59.3 Å². The molecular weight excluding hydrogens is 534 g/mol. The van der Waals surface area contributed by atoms with Gasteiger partial charge in [-0.25, -0.2) is 4.79 Å². The van der Waals surface area contributed by atoms with Gasteiger partial charge < -0.3 is 29.7 Å². The first-order valence-corrected chi connectivity index (χ1v) is 14.2. The number of carbonyl (C=O) groups excluding carboxylic acids is 2. The Bertz CT molecular complexity index is 1500. The number of rotatable bonds is 8. The molecule has 0 saturated carbocycles. The van der Waals surface area contributed by atoms with Gasteiger partial charge in [0.25, 0.3) is 0 Å². The summed E-state index contributed by atoms with van der Waals surface area (Å²) in [4.78, 5) is 26.1. The Kier molecular flexibility index (Phi) is 7.93. The highest BCUT2D eigenvalue weighted by Crippen LogP contribution is 2.45. The molecule has 3 N–H and O–H groups in total. The summed E-state index contributed by atoms with van der Waals surface area (Å²) >= 11 is 0. The zero-order valence-electron chi connectivity index (χ0n) is 23.1. The molecule has 3 aromatic rings. The summed E-state index contributed by atoms with van der Waals surface area (Å²) in [6, 6.07) is 22.4. The van der Waals surface area contributed by atoms with Crippen molar-refractivity contribution >= 4 is 18.0 Å². The summed E-state index contributed by atoms with van der Waals surface area (Å²) in [6.07, 6.45) is 5.70. The standard InChI is InChI=1S/C34H33NO7/c36-17-16-35-32(38)27-18-29(31-30(19-27)41-34(42-31)20-25-8-1-2-9-26(25)21-34)40-33(39)24-14-12-22(13-15-24)6-5-10-23-7-3-4-11-28(23)37/h1-9,11-15,19,29-31,36-37H,10,16-18,20-21H2,(H,35,38). The van der Waals surface area contributed by atoms with Crippen molar-refractivity contribution in [3.63, 3.8) is 0 Å². The molecule has 1 fully saturated rings. The van der Waals surface area contributed by atoms with E-state index in [9.17, 15) is 14.7 Å². The molecule has 6 rings (SSSR count). The van der Waals surface area contributed by atoms with Crippen molar-refractivity contribution in [2.24, 2.45) is 0 Å². The fraction of sp³-hybridized carbons (Fsp3) is 0.294. The van der Waals surface area contributed by atoms with Crippen molar-refractivity contribution in [2.45, 2.75) is 49.8 Å². The molecule has 1 amide bonds. The summed E-state index contributed by atoms with van der Waals surface area (Å²) < 4.78 is 19.0. The molecule has 0 radical (unpaired) electrons. The van der Waals surface area contributed by atoms with Gasteiger partial charge in [-0.05, 0) is 52.9 Å². The van der Waals surface area contributed by atoms with E-state index in [4.69, 9.17) is 19.3 Å². The Balaban J connectivity index is 1.15. The molecular formula is C34H33NO7. The number of nitrogens with one attached hydrogen (secondary N) is 1. The number of fused-ring (bicyclic) bond motifs is 2. The molecule has 0 bridgehead atoms. The average Bonchev–Trinajstić information content (AvgIpc) is 3.55. The van der Waals surface area contributed by atoms with Crippen molar-refractivity contribution in [3.8, 4) is 5.75 Å². The van der Waals surface area contributed by atoms with E-state index in [1.165, 1.54) is 0 Å². The van der Waals surface area contributed by atoms with E-state index in [0.717, 1.165) is 22.3 Å². The van der Waals surface area contributed by atoms with Crippen LogP contribution in [0.25, 0.3) is 6.08 Å². The average molecular weight is 568 g/mol. The predicted molar refractivity (Wildman–Crippen MR) is 156 cm³/mol. The topological polar surface area (TPSA) is 114 Å². The molecule has 1 saturated heterocycles. The van der Waals surface area contributed by atoms with Crippen LogP contribution in [0.15, 0.2) is 90.5 Å². The lowest BCUT2D eigenvalue weighted by molar-refractivity contribution is -0.172. The van der Waals surface area contributed by atoms with Crippen molar-refractivity contribution in [2.75, 3.05) is 13.2 Å². The van der Waals surface area contributed by atoms with Crippen LogP contribution in [0.5, 0.6) is 5.75 Å². The molecule has 216 valence electrons. The third kappa shape index (κ3) is 5.87. The molecule has 0 aromatic heterocycles. The SMILES string of the molecule is O=C(NCCO)C1=CC2OC3(Cc4ccccc4C3)OC2C(OC(=O)c2ccc(C=CCc3ccccc3O)cc2)C1. The van der Waals surface area contributed by atoms with Crippen LogP contribution in [0.2, 0.25) is 0 Å². The minimum absolute atomic E-state index is 0.124. The van der Waals surface area contributed by atoms with Crippen molar-refractivity contribution < 1.29 is 34.0 Å². The van der Waals surface area contributed by atoms with E-state index in [-0.39, 0.29) is 31.2 Å². The lowest BCUT2D eigenvalue weighted by Gasteiger charge is -2.30. The van der Waals surface area contributed by atoms with Gasteiger partial charge in [0, 0.05) is 31.4 Å². The number of allylic oxidation sites excluding steroid dienone is 1. The fourth-order valence-corrected chi connectivity index (χ4v) is 5.89. The number of carbonyl (C=O) groups is 2. The van der Waals surface area contributed by atoms with E-state index in [1.54, 1.807) is 30.3 Å². The van der Waals surface area contributed by atoms with Gasteiger partial charge in [0.2, 0.25) is 5.91 Å². The highest BCUT2D eigenvalue weighted by molar-refractivity contribution is 5.94. The fourth-order valence-electron chi connectivity index (χ4n) is 5.89. The molecule has 2 aliphatic carbocycles. The van der Waals surface area contributed by atoms with E-state index in [0.29, 0.717) is 30.4 Å². The van der Waals surface area contributed by atoms with E-state index in [1.807, 2.05) is 48.6 Å². The van der Waals surface area contributed by atoms with Crippen molar-refractivity contribution in [1.29, 1.82) is 0 Å². The molecule has 3 aliphatic rings. The number of hydrogen-bond donors (Lipinski definition) is 3. The minimum Gasteiger partial charge on any atom is -0.508 e. The second-order valence-electron chi connectivity index (χ2n) is 10.9. The zero-order valence-corrected chi connectivity index (χ0v) is 23.1. The number of hydrogen-bond acceptors (Lipinski definition) is 7. The van der Waals surface area contributed by atoms with Gasteiger partial charge in [0.05, 0.1) is 12.2 Å². The smallest absolute Gasteiger partial charge is 0.338 e. The van der Waals surface area contributed by atoms with Gasteiger partial charge in [0.15, 0.2) is 5.79 Å². The van der Waals surface area contributed by atoms with Crippen molar-refractivity contribution in [1.82, 2.24) is 5.32 Å². The molecule has 8 nitrogen and oxygen atoms in total. The first kappa shape index (κ1) is 27.9. The van der Waals surface area contributed by atoms with Crippen LogP contribution < -0.4 is 5.32 Å². The number of para-hydroxylation sites is 1. The van der Waals surface area contributed by atoms with Gasteiger partial charge in [0.1, 0.15) is 24.1 Å². The third-order valence-corrected chi connectivity index (χ3v) is 7.95. The number of aliphatic hydroxyl groups is 1. The molecule has 3 atom stereocenters. The van der Waals surface area contributed by atoms with Gasteiger partial charge in [-0.3, -0.25) is 4.79 Å². The first-order valence-electron chi connectivity index (χ1n) is 14.2. The number of amides is 1. The van der Waals surface area contributed by atoms with E-state index >= 15 is 0 Å². The van der Waals surface area contributed by atoms with Crippen LogP contribution in [-0.2, 0) is 38.3 Å². The highest BCUT2D eigenvalue weighted by atomic mass is 16.8. The lowest BCUT2D eigenvalue weighted by Crippen LogP contribution is -2.44. The maximum absolute atomic E-state index is 13.3. The molecule has 3 aromatic carbocycles. The number of aliphatic hydroxyl groups excluding tert-OH is 1. The number of benzene rings is 3. The molecule has 42 heavy (non-hydrogen) atoms. The molecule has 1 spiro atoms. The van der Waals surface area contributed by atoms with Crippen LogP contribution in [0, 0.1) is 0 Å². The molecule has 1 heterocycles. The monoisotopic (exact) mass is 567 g/mol. The second kappa shape index (κ2) is 11.9. The molecule has 8 heteroatoms. The largest absolute Gasteiger partial charge is 0.508 e. The summed E-state index contributed by atoms with van der Waals surface area (Å²) in [5, 5.41) is 21.8. The van der Waals surface area contributed by atoms with Crippen LogP contribution >= 0.6 is 0 Å². The summed E-state index contributed by atoms with van der Waals surface area (Å²) in [5.74, 6) is -1.46. The molecule has 3 unspecified atom stereocenters. The summed E-state index contributed by atoms with van der Waals surface area (Å²) in [5.41, 5.74) is 4.87.